The molecule has 0 aliphatic rings. The summed E-state index contributed by atoms with van der Waals surface area (Å²) in [5.41, 5.74) is -0.264. The van der Waals surface area contributed by atoms with Gasteiger partial charge in [0.15, 0.2) is 0 Å². The lowest BCUT2D eigenvalue weighted by Gasteiger charge is -2.02. The molecule has 0 atom stereocenters. The predicted molar refractivity (Wildman–Crippen MR) is 57.5 cm³/mol. The lowest BCUT2D eigenvalue weighted by molar-refractivity contribution is 0.476. The van der Waals surface area contributed by atoms with Crippen molar-refractivity contribution in [3.8, 4) is 5.75 Å². The van der Waals surface area contributed by atoms with E-state index >= 15 is 0 Å². The van der Waals surface area contributed by atoms with Crippen molar-refractivity contribution in [2.24, 2.45) is 0 Å². The summed E-state index contributed by atoms with van der Waals surface area (Å²) >= 11 is 5.88. The van der Waals surface area contributed by atoms with Crippen LogP contribution in [0.4, 0.5) is 5.69 Å². The van der Waals surface area contributed by atoms with E-state index in [1.54, 1.807) is 6.07 Å². The van der Waals surface area contributed by atoms with Gasteiger partial charge in [0.2, 0.25) is 0 Å². The number of nitrogens with one attached hydrogen (secondary N) is 1. The van der Waals surface area contributed by atoms with E-state index in [4.69, 9.17) is 18.2 Å². The SMILES string of the molecule is [C-]#[N+]c1c(Cl)c2ccc(O)cc2[nH]c1=O. The quantitative estimate of drug-likeness (QED) is 0.670. The molecule has 74 valence electrons. The Hall–Kier alpha value is -1.99. The van der Waals surface area contributed by atoms with Crippen molar-refractivity contribution in [3.05, 3.63) is 45.0 Å². The van der Waals surface area contributed by atoms with Crippen LogP contribution in [0.15, 0.2) is 23.0 Å². The first-order chi connectivity index (χ1) is 7.13. The topological polar surface area (TPSA) is 57.4 Å². The van der Waals surface area contributed by atoms with E-state index in [0.717, 1.165) is 0 Å². The van der Waals surface area contributed by atoms with Crippen LogP contribution >= 0.6 is 11.6 Å². The third-order valence-electron chi connectivity index (χ3n) is 2.02. The first kappa shape index (κ1) is 9.56. The third-order valence-corrected chi connectivity index (χ3v) is 2.41. The lowest BCUT2D eigenvalue weighted by atomic mass is 10.2. The molecule has 0 aliphatic heterocycles. The average molecular weight is 221 g/mol. The van der Waals surface area contributed by atoms with Gasteiger partial charge in [-0.05, 0) is 12.1 Å². The molecule has 4 nitrogen and oxygen atoms in total. The molecule has 0 radical (unpaired) electrons. The fraction of sp³-hybridized carbons (Fsp3) is 0. The van der Waals surface area contributed by atoms with E-state index in [0.29, 0.717) is 10.9 Å². The zero-order valence-corrected chi connectivity index (χ0v) is 8.17. The van der Waals surface area contributed by atoms with Crippen LogP contribution in [0.1, 0.15) is 0 Å². The molecule has 1 aromatic carbocycles. The van der Waals surface area contributed by atoms with Crippen LogP contribution in [-0.4, -0.2) is 10.1 Å². The summed E-state index contributed by atoms with van der Waals surface area (Å²) in [4.78, 5) is 16.9. The maximum absolute atomic E-state index is 11.4. The molecule has 0 saturated carbocycles. The maximum Gasteiger partial charge on any atom is 0.269 e. The average Bonchev–Trinajstić information content (AvgIpc) is 2.17. The minimum absolute atomic E-state index is 0.0322. The minimum atomic E-state index is -0.548. The zero-order chi connectivity index (χ0) is 11.0. The number of benzene rings is 1. The second-order valence-electron chi connectivity index (χ2n) is 2.96. The van der Waals surface area contributed by atoms with Crippen LogP contribution in [0.5, 0.6) is 5.75 Å². The molecule has 0 amide bonds. The van der Waals surface area contributed by atoms with Gasteiger partial charge in [0, 0.05) is 11.5 Å². The normalized spacial score (nSPS) is 10.1. The van der Waals surface area contributed by atoms with Gasteiger partial charge in [-0.2, -0.15) is 0 Å². The Morgan fingerprint density at radius 3 is 2.87 bits per heavy atom. The molecule has 2 rings (SSSR count). The van der Waals surface area contributed by atoms with Crippen LogP contribution in [0.2, 0.25) is 5.02 Å². The third kappa shape index (κ3) is 1.43. The van der Waals surface area contributed by atoms with Crippen LogP contribution < -0.4 is 5.56 Å². The number of pyridine rings is 1. The predicted octanol–water partition coefficient (Wildman–Crippen LogP) is 2.44. The number of aromatic hydroxyl groups is 1. The highest BCUT2D eigenvalue weighted by molar-refractivity contribution is 6.38. The van der Waals surface area contributed by atoms with Crippen molar-refractivity contribution in [3.63, 3.8) is 0 Å². The van der Waals surface area contributed by atoms with Crippen molar-refractivity contribution in [1.29, 1.82) is 0 Å². The molecule has 5 heteroatoms. The Balaban J connectivity index is 2.99. The number of hydrogen-bond donors (Lipinski definition) is 2. The van der Waals surface area contributed by atoms with Gasteiger partial charge in [-0.15, -0.1) is 0 Å². The molecular formula is C10H5ClN2O2. The fourth-order valence-electron chi connectivity index (χ4n) is 1.34. The van der Waals surface area contributed by atoms with Crippen LogP contribution in [0, 0.1) is 6.57 Å². The molecule has 0 unspecified atom stereocenters. The van der Waals surface area contributed by atoms with Crippen molar-refractivity contribution >= 4 is 28.2 Å². The van der Waals surface area contributed by atoms with Crippen LogP contribution in [-0.2, 0) is 0 Å². The van der Waals surface area contributed by atoms with Crippen molar-refractivity contribution in [2.75, 3.05) is 0 Å². The highest BCUT2D eigenvalue weighted by Gasteiger charge is 2.10. The first-order valence-corrected chi connectivity index (χ1v) is 4.43. The molecule has 2 N–H and O–H groups in total. The van der Waals surface area contributed by atoms with Gasteiger partial charge < -0.3 is 10.1 Å². The number of hydrogen-bond acceptors (Lipinski definition) is 2. The number of aromatic amines is 1. The molecule has 1 aromatic heterocycles. The van der Waals surface area contributed by atoms with Gasteiger partial charge in [0.05, 0.1) is 17.1 Å². The van der Waals surface area contributed by atoms with E-state index in [2.05, 4.69) is 9.83 Å². The lowest BCUT2D eigenvalue weighted by Crippen LogP contribution is -2.04. The minimum Gasteiger partial charge on any atom is -0.508 e. The maximum atomic E-state index is 11.4. The summed E-state index contributed by atoms with van der Waals surface area (Å²) in [5, 5.41) is 9.87. The fourth-order valence-corrected chi connectivity index (χ4v) is 1.63. The smallest absolute Gasteiger partial charge is 0.269 e. The zero-order valence-electron chi connectivity index (χ0n) is 7.41. The Morgan fingerprint density at radius 1 is 1.47 bits per heavy atom. The number of phenols is 1. The molecule has 0 bridgehead atoms. The second kappa shape index (κ2) is 3.30. The first-order valence-electron chi connectivity index (χ1n) is 4.05. The Morgan fingerprint density at radius 2 is 2.20 bits per heavy atom. The van der Waals surface area contributed by atoms with E-state index in [1.165, 1.54) is 12.1 Å². The van der Waals surface area contributed by atoms with E-state index in [1.807, 2.05) is 0 Å². The number of phenolic OH excluding ortho intramolecular Hbond substituents is 1. The number of H-pyrrole nitrogens is 1. The van der Waals surface area contributed by atoms with Gasteiger partial charge in [-0.25, -0.2) is 4.85 Å². The Kier molecular flexibility index (Phi) is 2.10. The summed E-state index contributed by atoms with van der Waals surface area (Å²) in [6, 6.07) is 4.38. The number of halogens is 1. The van der Waals surface area contributed by atoms with Crippen molar-refractivity contribution in [2.45, 2.75) is 0 Å². The summed E-state index contributed by atoms with van der Waals surface area (Å²) in [6.45, 7) is 6.81. The molecule has 0 saturated heterocycles. The summed E-state index contributed by atoms with van der Waals surface area (Å²) in [6.07, 6.45) is 0. The molecule has 0 fully saturated rings. The molecule has 1 heterocycles. The van der Waals surface area contributed by atoms with Crippen molar-refractivity contribution in [1.82, 2.24) is 4.98 Å². The van der Waals surface area contributed by atoms with E-state index < -0.39 is 5.56 Å². The largest absolute Gasteiger partial charge is 0.508 e. The highest BCUT2D eigenvalue weighted by Crippen LogP contribution is 2.30. The number of fused-ring (bicyclic) bond motifs is 1. The summed E-state index contributed by atoms with van der Waals surface area (Å²) in [7, 11) is 0. The highest BCUT2D eigenvalue weighted by atomic mass is 35.5. The number of nitrogens with zero attached hydrogens (tertiary/aromatic N) is 1. The molecule has 2 aromatic rings. The van der Waals surface area contributed by atoms with Gasteiger partial charge in [0.25, 0.3) is 11.2 Å². The summed E-state index contributed by atoms with van der Waals surface area (Å²) < 4.78 is 0. The van der Waals surface area contributed by atoms with Gasteiger partial charge in [0.1, 0.15) is 5.75 Å². The second-order valence-corrected chi connectivity index (χ2v) is 3.34. The summed E-state index contributed by atoms with van der Waals surface area (Å²) in [5.74, 6) is 0.0322. The molecule has 15 heavy (non-hydrogen) atoms. The van der Waals surface area contributed by atoms with Crippen molar-refractivity contribution < 1.29 is 5.11 Å². The molecular weight excluding hydrogens is 216 g/mol. The molecule has 0 spiro atoms. The molecule has 0 aliphatic carbocycles. The Labute approximate surface area is 89.6 Å². The van der Waals surface area contributed by atoms with E-state index in [-0.39, 0.29) is 16.5 Å². The number of aromatic nitrogens is 1. The monoisotopic (exact) mass is 220 g/mol. The van der Waals surface area contributed by atoms with Crippen LogP contribution in [0.3, 0.4) is 0 Å². The van der Waals surface area contributed by atoms with Gasteiger partial charge >= 0.3 is 0 Å². The standard InChI is InChI=1S/C10H5ClN2O2/c1-12-9-8(11)6-3-2-5(14)4-7(6)13-10(9)15/h2-4,14H,(H,13,15). The van der Waals surface area contributed by atoms with Gasteiger partial charge in [-0.1, -0.05) is 11.6 Å². The van der Waals surface area contributed by atoms with E-state index in [9.17, 15) is 9.90 Å². The number of rotatable bonds is 0. The Bertz CT molecular complexity index is 640. The van der Waals surface area contributed by atoms with Crippen LogP contribution in [0.25, 0.3) is 15.7 Å². The van der Waals surface area contributed by atoms with Gasteiger partial charge in [-0.3, -0.25) is 4.79 Å².